The van der Waals surface area contributed by atoms with Gasteiger partial charge in [-0.25, -0.2) is 4.39 Å². The van der Waals surface area contributed by atoms with Crippen LogP contribution in [0.5, 0.6) is 5.75 Å². The largest absolute Gasteiger partial charge is 0.492 e. The molecule has 0 bridgehead atoms. The second-order valence-electron chi connectivity index (χ2n) is 5.45. The molecule has 1 amide bonds. The second-order valence-corrected chi connectivity index (χ2v) is 5.45. The third kappa shape index (κ3) is 4.79. The molecule has 0 aliphatic rings. The highest BCUT2D eigenvalue weighted by atomic mass is 19.1. The summed E-state index contributed by atoms with van der Waals surface area (Å²) in [6, 6.07) is 12.7. The van der Waals surface area contributed by atoms with Crippen molar-refractivity contribution in [3.8, 4) is 5.75 Å². The number of likely N-dealkylation sites (N-methyl/N-ethyl adjacent to an activating group) is 1. The maximum atomic E-state index is 12.8. The Hall–Kier alpha value is -2.40. The number of aryl methyl sites for hydroxylation is 1. The van der Waals surface area contributed by atoms with Gasteiger partial charge in [0.2, 0.25) is 5.91 Å². The van der Waals surface area contributed by atoms with E-state index in [1.165, 1.54) is 17.0 Å². The molecular weight excluding hydrogens is 295 g/mol. The third-order valence-corrected chi connectivity index (χ3v) is 3.59. The highest BCUT2D eigenvalue weighted by Crippen LogP contribution is 2.14. The number of halogens is 1. The number of carbonyl (C=O) groups excluding carboxylic acids is 1. The first kappa shape index (κ1) is 17.0. The minimum atomic E-state index is -0.688. The van der Waals surface area contributed by atoms with Crippen LogP contribution in [-0.4, -0.2) is 31.0 Å². The van der Waals surface area contributed by atoms with E-state index < -0.39 is 6.04 Å². The first-order valence-corrected chi connectivity index (χ1v) is 7.43. The molecule has 2 aromatic rings. The molecule has 0 saturated carbocycles. The summed E-state index contributed by atoms with van der Waals surface area (Å²) in [7, 11) is 1.68. The predicted molar refractivity (Wildman–Crippen MR) is 87.6 cm³/mol. The lowest BCUT2D eigenvalue weighted by Gasteiger charge is -2.21. The summed E-state index contributed by atoms with van der Waals surface area (Å²) >= 11 is 0. The standard InChI is InChI=1S/C18H21FN2O2/c1-13-3-5-14(6-4-13)17(20)18(22)21(2)11-12-23-16-9-7-15(19)8-10-16/h3-10,17H,11-12,20H2,1-2H3. The number of ether oxygens (including phenoxy) is 1. The van der Waals surface area contributed by atoms with Crippen molar-refractivity contribution in [1.82, 2.24) is 4.90 Å². The van der Waals surface area contributed by atoms with Crippen LogP contribution < -0.4 is 10.5 Å². The minimum absolute atomic E-state index is 0.170. The lowest BCUT2D eigenvalue weighted by atomic mass is 10.1. The fourth-order valence-electron chi connectivity index (χ4n) is 2.10. The Morgan fingerprint density at radius 2 is 1.78 bits per heavy atom. The molecule has 5 heteroatoms. The van der Waals surface area contributed by atoms with Crippen molar-refractivity contribution in [2.45, 2.75) is 13.0 Å². The molecule has 1 atom stereocenters. The van der Waals surface area contributed by atoms with E-state index in [2.05, 4.69) is 0 Å². The summed E-state index contributed by atoms with van der Waals surface area (Å²) in [5.41, 5.74) is 7.92. The smallest absolute Gasteiger partial charge is 0.243 e. The number of carbonyl (C=O) groups is 1. The number of hydrogen-bond acceptors (Lipinski definition) is 3. The van der Waals surface area contributed by atoms with Gasteiger partial charge in [-0.3, -0.25) is 4.79 Å². The molecule has 0 radical (unpaired) electrons. The van der Waals surface area contributed by atoms with Gasteiger partial charge in [0.1, 0.15) is 24.2 Å². The molecule has 0 spiro atoms. The van der Waals surface area contributed by atoms with Crippen LogP contribution >= 0.6 is 0 Å². The lowest BCUT2D eigenvalue weighted by molar-refractivity contribution is -0.131. The van der Waals surface area contributed by atoms with E-state index in [-0.39, 0.29) is 11.7 Å². The van der Waals surface area contributed by atoms with E-state index in [1.54, 1.807) is 19.2 Å². The number of rotatable bonds is 6. The molecule has 4 nitrogen and oxygen atoms in total. The topological polar surface area (TPSA) is 55.6 Å². The van der Waals surface area contributed by atoms with Gasteiger partial charge in [-0.15, -0.1) is 0 Å². The molecule has 2 aromatic carbocycles. The van der Waals surface area contributed by atoms with Gasteiger partial charge in [0, 0.05) is 7.05 Å². The Labute approximate surface area is 135 Å². The molecule has 0 saturated heterocycles. The van der Waals surface area contributed by atoms with Gasteiger partial charge in [-0.05, 0) is 36.8 Å². The van der Waals surface area contributed by atoms with Crippen molar-refractivity contribution >= 4 is 5.91 Å². The maximum Gasteiger partial charge on any atom is 0.243 e. The molecule has 2 N–H and O–H groups in total. The molecule has 1 unspecified atom stereocenters. The van der Waals surface area contributed by atoms with Gasteiger partial charge in [0.15, 0.2) is 0 Å². The van der Waals surface area contributed by atoms with Crippen molar-refractivity contribution < 1.29 is 13.9 Å². The van der Waals surface area contributed by atoms with E-state index in [1.807, 2.05) is 31.2 Å². The third-order valence-electron chi connectivity index (χ3n) is 3.59. The Balaban J connectivity index is 1.84. The molecule has 122 valence electrons. The van der Waals surface area contributed by atoms with Crippen LogP contribution in [0.3, 0.4) is 0 Å². The number of benzene rings is 2. The van der Waals surface area contributed by atoms with E-state index in [0.29, 0.717) is 18.9 Å². The van der Waals surface area contributed by atoms with E-state index >= 15 is 0 Å². The van der Waals surface area contributed by atoms with Crippen LogP contribution in [0, 0.1) is 12.7 Å². The van der Waals surface area contributed by atoms with Gasteiger partial charge in [0.05, 0.1) is 6.54 Å². The van der Waals surface area contributed by atoms with Crippen molar-refractivity contribution in [2.24, 2.45) is 5.73 Å². The molecule has 2 rings (SSSR count). The van der Waals surface area contributed by atoms with Gasteiger partial charge in [-0.2, -0.15) is 0 Å². The number of nitrogens with zero attached hydrogens (tertiary/aromatic N) is 1. The Morgan fingerprint density at radius 3 is 2.39 bits per heavy atom. The van der Waals surface area contributed by atoms with Gasteiger partial charge < -0.3 is 15.4 Å². The number of nitrogens with two attached hydrogens (primary N) is 1. The SMILES string of the molecule is Cc1ccc(C(N)C(=O)N(C)CCOc2ccc(F)cc2)cc1. The van der Waals surface area contributed by atoms with Crippen molar-refractivity contribution in [3.05, 3.63) is 65.5 Å². The lowest BCUT2D eigenvalue weighted by Crippen LogP contribution is -2.38. The van der Waals surface area contributed by atoms with Crippen LogP contribution in [0.1, 0.15) is 17.2 Å². The highest BCUT2D eigenvalue weighted by molar-refractivity contribution is 5.82. The average Bonchev–Trinajstić information content (AvgIpc) is 2.56. The normalized spacial score (nSPS) is 11.8. The maximum absolute atomic E-state index is 12.8. The molecule has 23 heavy (non-hydrogen) atoms. The van der Waals surface area contributed by atoms with Crippen LogP contribution in [0.15, 0.2) is 48.5 Å². The molecule has 0 fully saturated rings. The van der Waals surface area contributed by atoms with Crippen LogP contribution in [0.4, 0.5) is 4.39 Å². The zero-order chi connectivity index (χ0) is 16.8. The van der Waals surface area contributed by atoms with Crippen LogP contribution in [-0.2, 0) is 4.79 Å². The highest BCUT2D eigenvalue weighted by Gasteiger charge is 2.19. The second kappa shape index (κ2) is 7.74. The van der Waals surface area contributed by atoms with Crippen molar-refractivity contribution in [3.63, 3.8) is 0 Å². The first-order valence-electron chi connectivity index (χ1n) is 7.43. The van der Waals surface area contributed by atoms with Crippen LogP contribution in [0.25, 0.3) is 0 Å². The monoisotopic (exact) mass is 316 g/mol. The molecule has 0 aliphatic carbocycles. The summed E-state index contributed by atoms with van der Waals surface area (Å²) in [6.45, 7) is 2.69. The molecule has 0 aliphatic heterocycles. The van der Waals surface area contributed by atoms with Crippen molar-refractivity contribution in [2.75, 3.05) is 20.2 Å². The fourth-order valence-corrected chi connectivity index (χ4v) is 2.10. The van der Waals surface area contributed by atoms with E-state index in [0.717, 1.165) is 11.1 Å². The number of amides is 1. The van der Waals surface area contributed by atoms with Crippen LogP contribution in [0.2, 0.25) is 0 Å². The summed E-state index contributed by atoms with van der Waals surface area (Å²) in [4.78, 5) is 13.8. The zero-order valence-corrected chi connectivity index (χ0v) is 13.3. The summed E-state index contributed by atoms with van der Waals surface area (Å²) < 4.78 is 18.3. The molecular formula is C18H21FN2O2. The summed E-state index contributed by atoms with van der Waals surface area (Å²) in [5, 5.41) is 0. The van der Waals surface area contributed by atoms with E-state index in [9.17, 15) is 9.18 Å². The van der Waals surface area contributed by atoms with Gasteiger partial charge >= 0.3 is 0 Å². The summed E-state index contributed by atoms with van der Waals surface area (Å²) in [6.07, 6.45) is 0. The Kier molecular flexibility index (Phi) is 5.71. The minimum Gasteiger partial charge on any atom is -0.492 e. The molecule has 0 heterocycles. The predicted octanol–water partition coefficient (Wildman–Crippen LogP) is 2.67. The Morgan fingerprint density at radius 1 is 1.17 bits per heavy atom. The van der Waals surface area contributed by atoms with Gasteiger partial charge in [-0.1, -0.05) is 29.8 Å². The zero-order valence-electron chi connectivity index (χ0n) is 13.3. The van der Waals surface area contributed by atoms with E-state index in [4.69, 9.17) is 10.5 Å². The van der Waals surface area contributed by atoms with Crippen molar-refractivity contribution in [1.29, 1.82) is 0 Å². The average molecular weight is 316 g/mol. The van der Waals surface area contributed by atoms with Gasteiger partial charge in [0.25, 0.3) is 0 Å². The fraction of sp³-hybridized carbons (Fsp3) is 0.278. The molecule has 0 aromatic heterocycles. The number of hydrogen-bond donors (Lipinski definition) is 1. The summed E-state index contributed by atoms with van der Waals surface area (Å²) in [5.74, 6) is 0.0837. The Bertz CT molecular complexity index is 641. The first-order chi connectivity index (χ1) is 11.0. The quantitative estimate of drug-likeness (QED) is 0.891.